The molecule has 3 heteroatoms. The van der Waals surface area contributed by atoms with Crippen LogP contribution in [0.5, 0.6) is 0 Å². The summed E-state index contributed by atoms with van der Waals surface area (Å²) >= 11 is 0. The molecule has 0 atom stereocenters. The lowest BCUT2D eigenvalue weighted by Crippen LogP contribution is -2.20. The second-order valence-corrected chi connectivity index (χ2v) is 2.11. The van der Waals surface area contributed by atoms with Gasteiger partial charge in [-0.1, -0.05) is 19.1 Å². The Morgan fingerprint density at radius 2 is 1.40 bits per heavy atom. The molecule has 0 unspecified atom stereocenters. The highest BCUT2D eigenvalue weighted by molar-refractivity contribution is 4.20. The molecule has 0 aromatic carbocycles. The summed E-state index contributed by atoms with van der Waals surface area (Å²) < 4.78 is 0. The fraction of sp³-hybridized carbons (Fsp3) is 1.00. The molecule has 0 aliphatic heterocycles. The van der Waals surface area contributed by atoms with Crippen molar-refractivity contribution in [3.8, 4) is 0 Å². The molecule has 0 rings (SSSR count). The van der Waals surface area contributed by atoms with E-state index in [4.69, 9.17) is 9.68 Å². The molecule has 0 aliphatic rings. The van der Waals surface area contributed by atoms with Gasteiger partial charge >= 0.3 is 0 Å². The molecule has 0 saturated carbocycles. The molecular weight excluding hydrogens is 130 g/mol. The Morgan fingerprint density at radius 1 is 1.00 bits per heavy atom. The number of hydrogen-bond donors (Lipinski definition) is 0. The van der Waals surface area contributed by atoms with Gasteiger partial charge in [-0.2, -0.15) is 0 Å². The fourth-order valence-electron chi connectivity index (χ4n) is 0.477. The van der Waals surface area contributed by atoms with Crippen molar-refractivity contribution in [3.05, 3.63) is 0 Å². The van der Waals surface area contributed by atoms with E-state index in [0.717, 1.165) is 26.1 Å². The molecular formula is C7H17NO2. The molecule has 0 spiro atoms. The minimum atomic E-state index is 0.722. The third-order valence-electron chi connectivity index (χ3n) is 0.954. The van der Waals surface area contributed by atoms with Crippen molar-refractivity contribution in [2.45, 2.75) is 26.7 Å². The highest BCUT2D eigenvalue weighted by atomic mass is 16.9. The molecule has 0 radical (unpaired) electrons. The SMILES string of the molecule is CCCON(C)OCCC. The van der Waals surface area contributed by atoms with Crippen LogP contribution in [0, 0.1) is 0 Å². The Balaban J connectivity index is 3.00. The second kappa shape index (κ2) is 6.99. The lowest BCUT2D eigenvalue weighted by atomic mass is 10.5. The zero-order valence-electron chi connectivity index (χ0n) is 7.09. The zero-order chi connectivity index (χ0) is 7.82. The molecule has 10 heavy (non-hydrogen) atoms. The Kier molecular flexibility index (Phi) is 6.91. The molecule has 0 fully saturated rings. The summed E-state index contributed by atoms with van der Waals surface area (Å²) in [7, 11) is 1.77. The van der Waals surface area contributed by atoms with Crippen LogP contribution in [0.15, 0.2) is 0 Å². The van der Waals surface area contributed by atoms with E-state index in [-0.39, 0.29) is 0 Å². The van der Waals surface area contributed by atoms with Crippen LogP contribution >= 0.6 is 0 Å². The minimum Gasteiger partial charge on any atom is -0.274 e. The molecule has 0 N–H and O–H groups in total. The van der Waals surface area contributed by atoms with Crippen molar-refractivity contribution >= 4 is 0 Å². The first-order valence-electron chi connectivity index (χ1n) is 3.80. The standard InChI is InChI=1S/C7H17NO2/c1-4-6-9-8(3)10-7-5-2/h4-7H2,1-3H3. The summed E-state index contributed by atoms with van der Waals surface area (Å²) in [5, 5.41) is 1.42. The molecule has 0 bridgehead atoms. The Morgan fingerprint density at radius 3 is 1.70 bits per heavy atom. The van der Waals surface area contributed by atoms with Crippen LogP contribution in [0.3, 0.4) is 0 Å². The lowest BCUT2D eigenvalue weighted by molar-refractivity contribution is -0.352. The van der Waals surface area contributed by atoms with Crippen molar-refractivity contribution in [1.82, 2.24) is 5.23 Å². The van der Waals surface area contributed by atoms with Gasteiger partial charge in [-0.05, 0) is 12.8 Å². The third-order valence-corrected chi connectivity index (χ3v) is 0.954. The van der Waals surface area contributed by atoms with Crippen LogP contribution in [0.2, 0.25) is 0 Å². The predicted octanol–water partition coefficient (Wildman–Crippen LogP) is 1.60. The van der Waals surface area contributed by atoms with Gasteiger partial charge in [0.15, 0.2) is 0 Å². The molecule has 0 heterocycles. The number of hydrogen-bond acceptors (Lipinski definition) is 3. The maximum atomic E-state index is 5.10. The summed E-state index contributed by atoms with van der Waals surface area (Å²) in [6.45, 7) is 5.57. The van der Waals surface area contributed by atoms with Gasteiger partial charge in [0.2, 0.25) is 0 Å². The summed E-state index contributed by atoms with van der Waals surface area (Å²) in [4.78, 5) is 10.2. The van der Waals surface area contributed by atoms with Crippen molar-refractivity contribution in [2.24, 2.45) is 0 Å². The largest absolute Gasteiger partial charge is 0.274 e. The molecule has 0 aromatic rings. The fourth-order valence-corrected chi connectivity index (χ4v) is 0.477. The number of hydroxylamine groups is 2. The second-order valence-electron chi connectivity index (χ2n) is 2.11. The van der Waals surface area contributed by atoms with Crippen molar-refractivity contribution in [1.29, 1.82) is 0 Å². The van der Waals surface area contributed by atoms with Gasteiger partial charge in [-0.25, -0.2) is 0 Å². The molecule has 0 amide bonds. The first kappa shape index (κ1) is 9.88. The third kappa shape index (κ3) is 6.01. The van der Waals surface area contributed by atoms with E-state index in [1.807, 2.05) is 0 Å². The van der Waals surface area contributed by atoms with Gasteiger partial charge in [0, 0.05) is 7.05 Å². The summed E-state index contributed by atoms with van der Waals surface area (Å²) in [6, 6.07) is 0. The molecule has 62 valence electrons. The smallest absolute Gasteiger partial charge is 0.0708 e. The van der Waals surface area contributed by atoms with E-state index in [1.54, 1.807) is 7.05 Å². The van der Waals surface area contributed by atoms with Crippen LogP contribution < -0.4 is 0 Å². The maximum Gasteiger partial charge on any atom is 0.0708 e. The summed E-state index contributed by atoms with van der Waals surface area (Å²) in [6.07, 6.45) is 2.03. The quantitative estimate of drug-likeness (QED) is 0.533. The average Bonchev–Trinajstić information content (AvgIpc) is 1.97. The molecule has 0 aliphatic carbocycles. The van der Waals surface area contributed by atoms with Gasteiger partial charge < -0.3 is 0 Å². The maximum absolute atomic E-state index is 5.10. The van der Waals surface area contributed by atoms with E-state index in [9.17, 15) is 0 Å². The van der Waals surface area contributed by atoms with Gasteiger partial charge in [0.05, 0.1) is 13.2 Å². The van der Waals surface area contributed by atoms with Gasteiger partial charge in [-0.3, -0.25) is 9.68 Å². The van der Waals surface area contributed by atoms with E-state index in [1.165, 1.54) is 5.23 Å². The van der Waals surface area contributed by atoms with Crippen LogP contribution in [0.4, 0.5) is 0 Å². The highest BCUT2D eigenvalue weighted by Crippen LogP contribution is 1.90. The molecule has 3 nitrogen and oxygen atoms in total. The van der Waals surface area contributed by atoms with E-state index >= 15 is 0 Å². The van der Waals surface area contributed by atoms with Gasteiger partial charge in [-0.15, -0.1) is 0 Å². The van der Waals surface area contributed by atoms with Crippen molar-refractivity contribution in [3.63, 3.8) is 0 Å². The van der Waals surface area contributed by atoms with Crippen molar-refractivity contribution in [2.75, 3.05) is 20.3 Å². The summed E-state index contributed by atoms with van der Waals surface area (Å²) in [5.74, 6) is 0. The lowest BCUT2D eigenvalue weighted by Gasteiger charge is -2.14. The normalized spacial score (nSPS) is 10.8. The monoisotopic (exact) mass is 147 g/mol. The Hall–Kier alpha value is -0.120. The minimum absolute atomic E-state index is 0.722. The first-order valence-corrected chi connectivity index (χ1v) is 3.80. The van der Waals surface area contributed by atoms with Crippen molar-refractivity contribution < 1.29 is 9.68 Å². The molecule has 0 saturated heterocycles. The number of rotatable bonds is 6. The zero-order valence-corrected chi connectivity index (χ0v) is 7.09. The van der Waals surface area contributed by atoms with Gasteiger partial charge in [0.25, 0.3) is 0 Å². The first-order chi connectivity index (χ1) is 4.81. The van der Waals surface area contributed by atoms with E-state index in [2.05, 4.69) is 13.8 Å². The summed E-state index contributed by atoms with van der Waals surface area (Å²) in [5.41, 5.74) is 0. The highest BCUT2D eigenvalue weighted by Gasteiger charge is 1.94. The Labute approximate surface area is 62.8 Å². The predicted molar refractivity (Wildman–Crippen MR) is 40.2 cm³/mol. The Bertz CT molecular complexity index is 60.6. The van der Waals surface area contributed by atoms with Crippen LogP contribution in [-0.2, 0) is 9.68 Å². The molecule has 0 aromatic heterocycles. The van der Waals surface area contributed by atoms with E-state index in [0.29, 0.717) is 0 Å². The van der Waals surface area contributed by atoms with E-state index < -0.39 is 0 Å². The van der Waals surface area contributed by atoms with Gasteiger partial charge in [0.1, 0.15) is 0 Å². The topological polar surface area (TPSA) is 21.7 Å². The average molecular weight is 147 g/mol. The van der Waals surface area contributed by atoms with Crippen LogP contribution in [-0.4, -0.2) is 25.5 Å². The van der Waals surface area contributed by atoms with Crippen LogP contribution in [0.25, 0.3) is 0 Å². The number of nitrogens with zero attached hydrogens (tertiary/aromatic N) is 1. The van der Waals surface area contributed by atoms with Crippen LogP contribution in [0.1, 0.15) is 26.7 Å².